The molecule has 0 amide bonds. The number of benzene rings is 3. The Balaban J connectivity index is 1.17. The van der Waals surface area contributed by atoms with Crippen LogP contribution in [-0.4, -0.2) is 30.6 Å². The second-order valence-corrected chi connectivity index (χ2v) is 11.5. The van der Waals surface area contributed by atoms with Crippen molar-refractivity contribution in [2.24, 2.45) is 5.92 Å². The van der Waals surface area contributed by atoms with Gasteiger partial charge in [0, 0.05) is 40.3 Å². The fourth-order valence-corrected chi connectivity index (χ4v) is 7.07. The molecule has 3 aromatic heterocycles. The average molecular weight is 545 g/mol. The van der Waals surface area contributed by atoms with Gasteiger partial charge < -0.3 is 14.4 Å². The number of para-hydroxylation sites is 1. The first-order chi connectivity index (χ1) is 19.5. The van der Waals surface area contributed by atoms with Crippen LogP contribution in [0.4, 0.5) is 0 Å². The molecule has 4 heterocycles. The van der Waals surface area contributed by atoms with Gasteiger partial charge in [0.25, 0.3) is 0 Å². The van der Waals surface area contributed by atoms with E-state index < -0.39 is 17.3 Å². The molecule has 1 aliphatic carbocycles. The largest absolute Gasteiger partial charge is 0.487 e. The maximum Gasteiger partial charge on any atom is 0.308 e. The Hall–Kier alpha value is -4.56. The van der Waals surface area contributed by atoms with Crippen LogP contribution in [0.5, 0.6) is 5.75 Å². The summed E-state index contributed by atoms with van der Waals surface area (Å²) in [5.41, 5.74) is 8.84. The van der Waals surface area contributed by atoms with Crippen LogP contribution in [0, 0.1) is 5.92 Å². The molecule has 1 saturated carbocycles. The van der Waals surface area contributed by atoms with E-state index in [9.17, 15) is 9.90 Å². The summed E-state index contributed by atoms with van der Waals surface area (Å²) < 4.78 is 8.31. The second kappa shape index (κ2) is 8.47. The zero-order chi connectivity index (χ0) is 27.0. The highest BCUT2D eigenvalue weighted by atomic mass is 32.1. The Morgan fingerprint density at radius 1 is 1.07 bits per heavy atom. The maximum atomic E-state index is 12.6. The summed E-state index contributed by atoms with van der Waals surface area (Å²) in [6.07, 6.45) is 0. The number of carboxylic acids is 1. The van der Waals surface area contributed by atoms with Crippen molar-refractivity contribution in [3.05, 3.63) is 106 Å². The highest BCUT2D eigenvalue weighted by Crippen LogP contribution is 2.67. The van der Waals surface area contributed by atoms with Crippen LogP contribution in [0.3, 0.4) is 0 Å². The predicted octanol–water partition coefficient (Wildman–Crippen LogP) is 6.40. The van der Waals surface area contributed by atoms with Crippen LogP contribution in [0.15, 0.2) is 83.7 Å². The average Bonchev–Trinajstić information content (AvgIpc) is 3.27. The van der Waals surface area contributed by atoms with Gasteiger partial charge in [-0.1, -0.05) is 49.4 Å². The van der Waals surface area contributed by atoms with Gasteiger partial charge in [0.2, 0.25) is 0 Å². The van der Waals surface area contributed by atoms with Crippen molar-refractivity contribution in [1.29, 1.82) is 0 Å². The van der Waals surface area contributed by atoms with Crippen molar-refractivity contribution in [3.63, 3.8) is 0 Å². The first kappa shape index (κ1) is 23.3. The monoisotopic (exact) mass is 544 g/mol. The molecule has 40 heavy (non-hydrogen) atoms. The number of hydrogen-bond acceptors (Lipinski definition) is 6. The molecular weight excluding hydrogens is 520 g/mol. The zero-order valence-corrected chi connectivity index (χ0v) is 22.4. The SMILES string of the molecule is CC12c3cc(ccc3-c3cscn3)Cn3c(nc4cc(OCc5ccc6ccccc6n5)ccc43)[C@@H]1[C@@H]2C(=O)O. The minimum absolute atomic E-state index is 0.239. The number of pyridine rings is 1. The number of thiazole rings is 1. The van der Waals surface area contributed by atoms with E-state index in [1.54, 1.807) is 11.3 Å². The molecule has 6 aromatic rings. The van der Waals surface area contributed by atoms with Crippen molar-refractivity contribution < 1.29 is 14.6 Å². The number of hydrogen-bond donors (Lipinski definition) is 1. The lowest BCUT2D eigenvalue weighted by Gasteiger charge is -2.21. The summed E-state index contributed by atoms with van der Waals surface area (Å²) in [7, 11) is 0. The summed E-state index contributed by atoms with van der Waals surface area (Å²) in [6, 6.07) is 24.4. The molecular formula is C32H24N4O3S. The van der Waals surface area contributed by atoms with Gasteiger partial charge in [0.05, 0.1) is 39.4 Å². The summed E-state index contributed by atoms with van der Waals surface area (Å²) in [5, 5.41) is 13.4. The highest BCUT2D eigenvalue weighted by Gasteiger charge is 2.69. The van der Waals surface area contributed by atoms with E-state index in [-0.39, 0.29) is 5.92 Å². The summed E-state index contributed by atoms with van der Waals surface area (Å²) >= 11 is 1.54. The van der Waals surface area contributed by atoms with Gasteiger partial charge >= 0.3 is 5.97 Å². The van der Waals surface area contributed by atoms with Gasteiger partial charge in [0.15, 0.2) is 0 Å². The molecule has 7 nitrogen and oxygen atoms in total. The minimum atomic E-state index is -0.797. The minimum Gasteiger partial charge on any atom is -0.487 e. The number of fused-ring (bicyclic) bond motifs is 9. The summed E-state index contributed by atoms with van der Waals surface area (Å²) in [4.78, 5) is 26.8. The van der Waals surface area contributed by atoms with Crippen molar-refractivity contribution in [3.8, 4) is 17.0 Å². The standard InChI is InChI=1S/C32H24N4O3S/c1-32-23-12-18(6-10-22(23)26-16-40-17-33-26)14-36-27-11-9-21(13-25(27)35-30(36)28(32)29(32)31(37)38)39-15-20-8-7-19-4-2-3-5-24(19)34-20/h2-13,16-17,28-29H,14-15H2,1H3,(H,37,38)/t28-,29+,32?/m0/s1. The van der Waals surface area contributed by atoms with Gasteiger partial charge in [0.1, 0.15) is 18.2 Å². The number of aliphatic carboxylic acids is 1. The number of imidazole rings is 1. The molecule has 2 bridgehead atoms. The Bertz CT molecular complexity index is 1960. The van der Waals surface area contributed by atoms with Crippen molar-refractivity contribution >= 4 is 39.2 Å². The predicted molar refractivity (Wildman–Crippen MR) is 154 cm³/mol. The third-order valence-corrected chi connectivity index (χ3v) is 9.15. The van der Waals surface area contributed by atoms with E-state index in [1.165, 1.54) is 0 Å². The van der Waals surface area contributed by atoms with E-state index in [0.717, 1.165) is 55.8 Å². The molecule has 1 N–H and O–H groups in total. The first-order valence-electron chi connectivity index (χ1n) is 13.2. The lowest BCUT2D eigenvalue weighted by Crippen LogP contribution is -2.16. The summed E-state index contributed by atoms with van der Waals surface area (Å²) in [5.74, 6) is -0.0860. The van der Waals surface area contributed by atoms with Crippen molar-refractivity contribution in [1.82, 2.24) is 19.5 Å². The second-order valence-electron chi connectivity index (χ2n) is 10.8. The van der Waals surface area contributed by atoms with Crippen LogP contribution in [0.25, 0.3) is 33.2 Å². The fourth-order valence-electron chi connectivity index (χ4n) is 6.52. The Kier molecular flexibility index (Phi) is 4.94. The summed E-state index contributed by atoms with van der Waals surface area (Å²) in [6.45, 7) is 3.03. The Labute approximate surface area is 233 Å². The van der Waals surface area contributed by atoms with E-state index in [4.69, 9.17) is 14.7 Å². The topological polar surface area (TPSA) is 90.1 Å². The zero-order valence-electron chi connectivity index (χ0n) is 21.6. The Morgan fingerprint density at radius 2 is 1.98 bits per heavy atom. The molecule has 3 atom stereocenters. The number of carboxylic acid groups (broad SMARTS) is 1. The molecule has 1 aliphatic heterocycles. The molecule has 2 aliphatic rings. The van der Waals surface area contributed by atoms with E-state index in [1.807, 2.05) is 59.4 Å². The normalized spacial score (nSPS) is 20.9. The molecule has 0 spiro atoms. The van der Waals surface area contributed by atoms with Gasteiger partial charge in [-0.3, -0.25) is 4.79 Å². The first-order valence-corrected chi connectivity index (χ1v) is 14.2. The van der Waals surface area contributed by atoms with Gasteiger partial charge in [-0.25, -0.2) is 15.0 Å². The molecule has 0 saturated heterocycles. The van der Waals surface area contributed by atoms with E-state index in [2.05, 4.69) is 40.7 Å². The van der Waals surface area contributed by atoms with Gasteiger partial charge in [-0.15, -0.1) is 11.3 Å². The van der Waals surface area contributed by atoms with Crippen LogP contribution >= 0.6 is 11.3 Å². The Morgan fingerprint density at radius 3 is 2.83 bits per heavy atom. The van der Waals surface area contributed by atoms with Crippen molar-refractivity contribution in [2.45, 2.75) is 31.4 Å². The third-order valence-electron chi connectivity index (χ3n) is 8.57. The van der Waals surface area contributed by atoms with E-state index in [0.29, 0.717) is 18.9 Å². The van der Waals surface area contributed by atoms with Gasteiger partial charge in [-0.05, 0) is 35.4 Å². The number of aromatic nitrogens is 4. The lowest BCUT2D eigenvalue weighted by atomic mass is 9.86. The van der Waals surface area contributed by atoms with Crippen LogP contribution in [0.1, 0.15) is 35.5 Å². The molecule has 196 valence electrons. The number of carbonyl (C=O) groups is 1. The highest BCUT2D eigenvalue weighted by molar-refractivity contribution is 7.07. The molecule has 8 rings (SSSR count). The lowest BCUT2D eigenvalue weighted by molar-refractivity contribution is -0.139. The smallest absolute Gasteiger partial charge is 0.308 e. The van der Waals surface area contributed by atoms with Gasteiger partial charge in [-0.2, -0.15) is 0 Å². The maximum absolute atomic E-state index is 12.6. The molecule has 1 fully saturated rings. The van der Waals surface area contributed by atoms with Crippen LogP contribution < -0.4 is 4.74 Å². The van der Waals surface area contributed by atoms with Crippen LogP contribution in [0.2, 0.25) is 0 Å². The molecule has 3 aromatic carbocycles. The quantitative estimate of drug-likeness (QED) is 0.270. The number of ether oxygens (including phenoxy) is 1. The molecule has 0 radical (unpaired) electrons. The number of nitrogens with zero attached hydrogens (tertiary/aromatic N) is 4. The molecule has 1 unspecified atom stereocenters. The molecule has 8 heteroatoms. The fraction of sp³-hybridized carbons (Fsp3) is 0.188. The van der Waals surface area contributed by atoms with E-state index >= 15 is 0 Å². The van der Waals surface area contributed by atoms with Crippen molar-refractivity contribution in [2.75, 3.05) is 0 Å². The number of rotatable bonds is 5. The van der Waals surface area contributed by atoms with Crippen LogP contribution in [-0.2, 0) is 23.4 Å². The third kappa shape index (κ3) is 3.42.